The molecule has 0 bridgehead atoms. The minimum atomic E-state index is -0.483. The first-order valence-corrected chi connectivity index (χ1v) is 8.77. The molecule has 0 N–H and O–H groups in total. The lowest BCUT2D eigenvalue weighted by molar-refractivity contribution is -0.385. The van der Waals surface area contributed by atoms with Gasteiger partial charge in [0.1, 0.15) is 5.01 Å². The standard InChI is InChI=1S/C17H12N2O3S2/c1-11-4-5-12(9-14(11)19(21)22)15(20)7-6-13-10-24-17(18-13)16-3-2-8-23-16/h2-10H,1H3. The number of nitrogens with zero attached hydrogens (tertiary/aromatic N) is 2. The SMILES string of the molecule is Cc1ccc(C(=O)C=Cc2csc(-c3cccs3)n2)cc1[N+](=O)[O-]. The number of nitro groups is 1. The molecule has 5 nitrogen and oxygen atoms in total. The van der Waals surface area contributed by atoms with Crippen molar-refractivity contribution in [1.82, 2.24) is 4.98 Å². The number of benzene rings is 1. The maximum Gasteiger partial charge on any atom is 0.273 e. The highest BCUT2D eigenvalue weighted by molar-refractivity contribution is 7.20. The molecular weight excluding hydrogens is 344 g/mol. The van der Waals surface area contributed by atoms with Crippen molar-refractivity contribution in [1.29, 1.82) is 0 Å². The summed E-state index contributed by atoms with van der Waals surface area (Å²) in [6, 6.07) is 8.43. The molecule has 24 heavy (non-hydrogen) atoms. The van der Waals surface area contributed by atoms with Crippen LogP contribution in [0, 0.1) is 17.0 Å². The number of hydrogen-bond acceptors (Lipinski definition) is 6. The maximum atomic E-state index is 12.2. The Morgan fingerprint density at radius 2 is 2.12 bits per heavy atom. The lowest BCUT2D eigenvalue weighted by Gasteiger charge is -1.99. The van der Waals surface area contributed by atoms with Crippen LogP contribution in [0.4, 0.5) is 5.69 Å². The number of nitro benzene ring substituents is 1. The third-order valence-corrected chi connectivity index (χ3v) is 5.25. The van der Waals surface area contributed by atoms with E-state index in [2.05, 4.69) is 4.98 Å². The minimum Gasteiger partial charge on any atom is -0.289 e. The number of ketones is 1. The Morgan fingerprint density at radius 1 is 1.29 bits per heavy atom. The highest BCUT2D eigenvalue weighted by atomic mass is 32.1. The number of aromatic nitrogens is 1. The summed E-state index contributed by atoms with van der Waals surface area (Å²) in [6.45, 7) is 1.64. The molecule has 2 aromatic heterocycles. The van der Waals surface area contributed by atoms with Gasteiger partial charge in [-0.15, -0.1) is 22.7 Å². The second-order valence-corrected chi connectivity index (χ2v) is 6.82. The summed E-state index contributed by atoms with van der Waals surface area (Å²) >= 11 is 3.12. The quantitative estimate of drug-likeness (QED) is 0.279. The molecule has 0 amide bonds. The van der Waals surface area contributed by atoms with E-state index in [0.29, 0.717) is 11.3 Å². The predicted molar refractivity (Wildman–Crippen MR) is 96.6 cm³/mol. The van der Waals surface area contributed by atoms with Crippen LogP contribution in [0.2, 0.25) is 0 Å². The second kappa shape index (κ2) is 6.86. The molecule has 0 unspecified atom stereocenters. The van der Waals surface area contributed by atoms with Crippen LogP contribution in [-0.2, 0) is 0 Å². The van der Waals surface area contributed by atoms with Gasteiger partial charge in [-0.2, -0.15) is 0 Å². The molecule has 0 radical (unpaired) electrons. The van der Waals surface area contributed by atoms with E-state index in [9.17, 15) is 14.9 Å². The highest BCUT2D eigenvalue weighted by Gasteiger charge is 2.13. The van der Waals surface area contributed by atoms with Crippen molar-refractivity contribution in [2.24, 2.45) is 0 Å². The van der Waals surface area contributed by atoms with Gasteiger partial charge in [0, 0.05) is 22.6 Å². The summed E-state index contributed by atoms with van der Waals surface area (Å²) in [6.07, 6.45) is 3.02. The molecule has 0 spiro atoms. The molecular formula is C17H12N2O3S2. The van der Waals surface area contributed by atoms with Crippen LogP contribution in [0.25, 0.3) is 16.0 Å². The van der Waals surface area contributed by atoms with Crippen molar-refractivity contribution in [3.05, 3.63) is 74.1 Å². The van der Waals surface area contributed by atoms with E-state index in [1.54, 1.807) is 36.5 Å². The Hall–Kier alpha value is -2.64. The number of hydrogen-bond donors (Lipinski definition) is 0. The Kier molecular flexibility index (Phi) is 4.64. The topological polar surface area (TPSA) is 73.1 Å². The molecule has 0 saturated carbocycles. The number of aryl methyl sites for hydroxylation is 1. The summed E-state index contributed by atoms with van der Waals surface area (Å²) < 4.78 is 0. The first kappa shape index (κ1) is 16.2. The van der Waals surface area contributed by atoms with E-state index in [4.69, 9.17) is 0 Å². The van der Waals surface area contributed by atoms with Crippen LogP contribution < -0.4 is 0 Å². The molecule has 2 heterocycles. The van der Waals surface area contributed by atoms with Gasteiger partial charge >= 0.3 is 0 Å². The number of allylic oxidation sites excluding steroid dienone is 1. The van der Waals surface area contributed by atoms with Gasteiger partial charge in [0.2, 0.25) is 0 Å². The van der Waals surface area contributed by atoms with Crippen LogP contribution >= 0.6 is 22.7 Å². The lowest BCUT2D eigenvalue weighted by Crippen LogP contribution is -1.98. The molecule has 0 fully saturated rings. The fourth-order valence-corrected chi connectivity index (χ4v) is 3.69. The predicted octanol–water partition coefficient (Wildman–Crippen LogP) is 4.98. The van der Waals surface area contributed by atoms with Crippen molar-refractivity contribution < 1.29 is 9.72 Å². The molecule has 0 aliphatic rings. The van der Waals surface area contributed by atoms with Gasteiger partial charge in [0.15, 0.2) is 5.78 Å². The molecule has 120 valence electrons. The molecule has 0 aliphatic heterocycles. The number of carbonyl (C=O) groups excluding carboxylic acids is 1. The Morgan fingerprint density at radius 3 is 2.83 bits per heavy atom. The molecule has 0 atom stereocenters. The minimum absolute atomic E-state index is 0.0529. The third kappa shape index (κ3) is 3.47. The maximum absolute atomic E-state index is 12.2. The number of rotatable bonds is 5. The summed E-state index contributed by atoms with van der Waals surface area (Å²) in [5.41, 5.74) is 1.46. The van der Waals surface area contributed by atoms with Crippen LogP contribution in [0.15, 0.2) is 47.2 Å². The first-order chi connectivity index (χ1) is 11.5. The van der Waals surface area contributed by atoms with Gasteiger partial charge in [0.25, 0.3) is 5.69 Å². The van der Waals surface area contributed by atoms with E-state index < -0.39 is 4.92 Å². The first-order valence-electron chi connectivity index (χ1n) is 7.01. The highest BCUT2D eigenvalue weighted by Crippen LogP contribution is 2.28. The second-order valence-electron chi connectivity index (χ2n) is 5.01. The summed E-state index contributed by atoms with van der Waals surface area (Å²) in [5, 5.41) is 15.7. The van der Waals surface area contributed by atoms with Crippen molar-refractivity contribution in [3.8, 4) is 9.88 Å². The zero-order chi connectivity index (χ0) is 17.1. The van der Waals surface area contributed by atoms with Crippen molar-refractivity contribution in [2.75, 3.05) is 0 Å². The number of thiazole rings is 1. The molecule has 0 saturated heterocycles. The fraction of sp³-hybridized carbons (Fsp3) is 0.0588. The van der Waals surface area contributed by atoms with E-state index in [1.807, 2.05) is 22.9 Å². The van der Waals surface area contributed by atoms with Crippen molar-refractivity contribution in [2.45, 2.75) is 6.92 Å². The summed E-state index contributed by atoms with van der Waals surface area (Å²) in [5.74, 6) is -0.288. The van der Waals surface area contributed by atoms with Gasteiger partial charge in [0.05, 0.1) is 15.5 Å². The van der Waals surface area contributed by atoms with Crippen LogP contribution in [0.5, 0.6) is 0 Å². The number of thiophene rings is 1. The zero-order valence-corrected chi connectivity index (χ0v) is 14.3. The van der Waals surface area contributed by atoms with E-state index in [-0.39, 0.29) is 17.0 Å². The number of carbonyl (C=O) groups is 1. The van der Waals surface area contributed by atoms with Crippen LogP contribution in [-0.4, -0.2) is 15.7 Å². The largest absolute Gasteiger partial charge is 0.289 e. The smallest absolute Gasteiger partial charge is 0.273 e. The molecule has 3 rings (SSSR count). The van der Waals surface area contributed by atoms with Gasteiger partial charge in [-0.25, -0.2) is 4.98 Å². The molecule has 0 aliphatic carbocycles. The van der Waals surface area contributed by atoms with Gasteiger partial charge in [-0.3, -0.25) is 14.9 Å². The van der Waals surface area contributed by atoms with Crippen molar-refractivity contribution >= 4 is 40.2 Å². The average molecular weight is 356 g/mol. The van der Waals surface area contributed by atoms with Crippen LogP contribution in [0.1, 0.15) is 21.6 Å². The van der Waals surface area contributed by atoms with Crippen molar-refractivity contribution in [3.63, 3.8) is 0 Å². The van der Waals surface area contributed by atoms with Gasteiger partial charge < -0.3 is 0 Å². The average Bonchev–Trinajstić information content (AvgIpc) is 3.24. The summed E-state index contributed by atoms with van der Waals surface area (Å²) in [4.78, 5) is 28.2. The van der Waals surface area contributed by atoms with E-state index in [1.165, 1.54) is 23.5 Å². The zero-order valence-electron chi connectivity index (χ0n) is 12.6. The van der Waals surface area contributed by atoms with Gasteiger partial charge in [-0.05, 0) is 30.5 Å². The van der Waals surface area contributed by atoms with E-state index >= 15 is 0 Å². The Labute approximate surface area is 146 Å². The Bertz CT molecular complexity index is 927. The molecule has 3 aromatic rings. The fourth-order valence-electron chi connectivity index (χ4n) is 2.09. The molecule has 7 heteroatoms. The van der Waals surface area contributed by atoms with Gasteiger partial charge in [-0.1, -0.05) is 18.2 Å². The Balaban J connectivity index is 1.78. The molecule has 1 aromatic carbocycles. The summed E-state index contributed by atoms with van der Waals surface area (Å²) in [7, 11) is 0. The third-order valence-electron chi connectivity index (χ3n) is 3.35. The van der Waals surface area contributed by atoms with Crippen LogP contribution in [0.3, 0.4) is 0 Å². The monoisotopic (exact) mass is 356 g/mol. The lowest BCUT2D eigenvalue weighted by atomic mass is 10.1. The normalized spacial score (nSPS) is 11.0. The van der Waals surface area contributed by atoms with E-state index in [0.717, 1.165) is 9.88 Å².